The van der Waals surface area contributed by atoms with Crippen LogP contribution < -0.4 is 14.2 Å². The number of fused-ring (bicyclic) bond motifs is 1. The monoisotopic (exact) mass is 367 g/mol. The molecule has 0 saturated carbocycles. The van der Waals surface area contributed by atoms with Crippen LogP contribution in [0.1, 0.15) is 30.0 Å². The first-order valence-corrected chi connectivity index (χ1v) is 9.44. The molecule has 2 unspecified atom stereocenters. The summed E-state index contributed by atoms with van der Waals surface area (Å²) < 4.78 is 16.6. The van der Waals surface area contributed by atoms with Crippen LogP contribution in [0.5, 0.6) is 17.2 Å². The Labute approximate surface area is 159 Å². The predicted molar refractivity (Wildman–Crippen MR) is 102 cm³/mol. The number of ether oxygens (including phenoxy) is 3. The van der Waals surface area contributed by atoms with Gasteiger partial charge in [0.2, 0.25) is 5.91 Å². The molecule has 1 amide bonds. The molecule has 27 heavy (non-hydrogen) atoms. The number of likely N-dealkylation sites (tertiary alicyclic amines) is 1. The molecule has 4 rings (SSSR count). The number of amides is 1. The van der Waals surface area contributed by atoms with Crippen molar-refractivity contribution in [1.29, 1.82) is 0 Å². The zero-order chi connectivity index (χ0) is 18.8. The van der Waals surface area contributed by atoms with Crippen molar-refractivity contribution in [2.75, 3.05) is 27.4 Å². The van der Waals surface area contributed by atoms with Crippen LogP contribution in [0.4, 0.5) is 0 Å². The topological polar surface area (TPSA) is 48.0 Å². The van der Waals surface area contributed by atoms with E-state index < -0.39 is 0 Å². The fraction of sp³-hybridized carbons (Fsp3) is 0.409. The summed E-state index contributed by atoms with van der Waals surface area (Å²) >= 11 is 0. The van der Waals surface area contributed by atoms with Crippen LogP contribution in [0.3, 0.4) is 0 Å². The highest BCUT2D eigenvalue weighted by atomic mass is 16.5. The summed E-state index contributed by atoms with van der Waals surface area (Å²) in [5.74, 6) is 2.36. The van der Waals surface area contributed by atoms with Crippen molar-refractivity contribution in [3.63, 3.8) is 0 Å². The smallest absolute Gasteiger partial charge is 0.229 e. The van der Waals surface area contributed by atoms with E-state index in [1.54, 1.807) is 14.2 Å². The first-order valence-electron chi connectivity index (χ1n) is 9.44. The lowest BCUT2D eigenvalue weighted by atomic mass is 9.94. The van der Waals surface area contributed by atoms with E-state index in [4.69, 9.17) is 14.2 Å². The van der Waals surface area contributed by atoms with E-state index in [2.05, 4.69) is 0 Å². The Morgan fingerprint density at radius 1 is 1.11 bits per heavy atom. The summed E-state index contributed by atoms with van der Waals surface area (Å²) in [6.45, 7) is 1.24. The number of nitrogens with zero attached hydrogens (tertiary/aromatic N) is 1. The predicted octanol–water partition coefficient (Wildman–Crippen LogP) is 3.62. The van der Waals surface area contributed by atoms with Crippen molar-refractivity contribution in [1.82, 2.24) is 4.90 Å². The second kappa shape index (κ2) is 7.51. The van der Waals surface area contributed by atoms with E-state index in [1.165, 1.54) is 0 Å². The quantitative estimate of drug-likeness (QED) is 0.828. The van der Waals surface area contributed by atoms with Gasteiger partial charge in [-0.25, -0.2) is 0 Å². The first-order chi connectivity index (χ1) is 13.2. The molecule has 0 bridgehead atoms. The van der Waals surface area contributed by atoms with Crippen molar-refractivity contribution >= 4 is 5.91 Å². The minimum atomic E-state index is -0.124. The maximum absolute atomic E-state index is 13.3. The van der Waals surface area contributed by atoms with Gasteiger partial charge < -0.3 is 19.1 Å². The zero-order valence-corrected chi connectivity index (χ0v) is 15.8. The van der Waals surface area contributed by atoms with E-state index in [-0.39, 0.29) is 17.9 Å². The van der Waals surface area contributed by atoms with Gasteiger partial charge in [-0.05, 0) is 48.6 Å². The lowest BCUT2D eigenvalue weighted by Gasteiger charge is -2.32. The molecule has 2 atom stereocenters. The summed E-state index contributed by atoms with van der Waals surface area (Å²) in [6.07, 6.45) is 2.71. The van der Waals surface area contributed by atoms with Gasteiger partial charge in [-0.1, -0.05) is 24.3 Å². The number of carbonyl (C=O) groups excluding carboxylic acids is 1. The first kappa shape index (κ1) is 17.7. The third kappa shape index (κ3) is 3.34. The zero-order valence-electron chi connectivity index (χ0n) is 15.8. The van der Waals surface area contributed by atoms with Crippen molar-refractivity contribution in [2.24, 2.45) is 5.92 Å². The van der Waals surface area contributed by atoms with Crippen LogP contribution in [0.25, 0.3) is 0 Å². The number of hydrogen-bond donors (Lipinski definition) is 0. The van der Waals surface area contributed by atoms with Crippen molar-refractivity contribution in [2.45, 2.75) is 25.3 Å². The van der Waals surface area contributed by atoms with E-state index in [0.717, 1.165) is 42.7 Å². The second-order valence-electron chi connectivity index (χ2n) is 7.12. The molecule has 2 aromatic carbocycles. The van der Waals surface area contributed by atoms with E-state index >= 15 is 0 Å². The van der Waals surface area contributed by atoms with Gasteiger partial charge in [0.15, 0.2) is 11.5 Å². The summed E-state index contributed by atoms with van der Waals surface area (Å²) in [5, 5.41) is 0. The van der Waals surface area contributed by atoms with Gasteiger partial charge in [0.25, 0.3) is 0 Å². The van der Waals surface area contributed by atoms with Crippen molar-refractivity contribution in [3.05, 3.63) is 53.6 Å². The number of rotatable bonds is 4. The van der Waals surface area contributed by atoms with Crippen LogP contribution in [-0.2, 0) is 11.2 Å². The standard InChI is InChI=1S/C22H25NO4/c1-25-20-10-9-15(13-21(20)26-2)18-7-5-11-23(18)22(24)17-12-16-6-3-4-8-19(16)27-14-17/h3-4,6,8-10,13,17-18H,5,7,11-12,14H2,1-2H3. The molecule has 1 saturated heterocycles. The van der Waals surface area contributed by atoms with Gasteiger partial charge in [0.05, 0.1) is 26.2 Å². The minimum absolute atomic E-state index is 0.0782. The lowest BCUT2D eigenvalue weighted by Crippen LogP contribution is -2.40. The van der Waals surface area contributed by atoms with Crippen LogP contribution in [0.2, 0.25) is 0 Å². The molecule has 0 spiro atoms. The van der Waals surface area contributed by atoms with Gasteiger partial charge >= 0.3 is 0 Å². The highest BCUT2D eigenvalue weighted by molar-refractivity contribution is 5.80. The second-order valence-corrected chi connectivity index (χ2v) is 7.12. The molecule has 5 nitrogen and oxygen atoms in total. The fourth-order valence-corrected chi connectivity index (χ4v) is 4.16. The lowest BCUT2D eigenvalue weighted by molar-refractivity contribution is -0.137. The van der Waals surface area contributed by atoms with Crippen LogP contribution in [0, 0.1) is 5.92 Å². The van der Waals surface area contributed by atoms with Crippen LogP contribution >= 0.6 is 0 Å². The highest BCUT2D eigenvalue weighted by Gasteiger charge is 2.36. The molecule has 0 aliphatic carbocycles. The molecule has 2 aliphatic heterocycles. The molecule has 1 fully saturated rings. The summed E-state index contributed by atoms with van der Waals surface area (Å²) in [6, 6.07) is 14.0. The van der Waals surface area contributed by atoms with E-state index in [1.807, 2.05) is 47.4 Å². The van der Waals surface area contributed by atoms with Crippen molar-refractivity contribution < 1.29 is 19.0 Å². The highest BCUT2D eigenvalue weighted by Crippen LogP contribution is 2.38. The van der Waals surface area contributed by atoms with Crippen LogP contribution in [-0.4, -0.2) is 38.2 Å². The molecular weight excluding hydrogens is 342 g/mol. The fourth-order valence-electron chi connectivity index (χ4n) is 4.16. The van der Waals surface area contributed by atoms with Crippen molar-refractivity contribution in [3.8, 4) is 17.2 Å². The molecule has 0 radical (unpaired) electrons. The SMILES string of the molecule is COc1ccc(C2CCCN2C(=O)C2COc3ccccc3C2)cc1OC. The number of hydrogen-bond acceptors (Lipinski definition) is 4. The Morgan fingerprint density at radius 2 is 1.93 bits per heavy atom. The maximum Gasteiger partial charge on any atom is 0.229 e. The molecule has 2 aromatic rings. The Kier molecular flexibility index (Phi) is 4.92. The summed E-state index contributed by atoms with van der Waals surface area (Å²) in [7, 11) is 3.26. The van der Waals surface area contributed by atoms with Gasteiger partial charge in [-0.15, -0.1) is 0 Å². The number of para-hydroxylation sites is 1. The Bertz CT molecular complexity index is 835. The average Bonchev–Trinajstić information content (AvgIpc) is 3.22. The largest absolute Gasteiger partial charge is 0.493 e. The maximum atomic E-state index is 13.3. The number of methoxy groups -OCH3 is 2. The Morgan fingerprint density at radius 3 is 2.74 bits per heavy atom. The van der Waals surface area contributed by atoms with Gasteiger partial charge in [0.1, 0.15) is 12.4 Å². The molecule has 0 aromatic heterocycles. The van der Waals surface area contributed by atoms with E-state index in [0.29, 0.717) is 18.1 Å². The Balaban J connectivity index is 1.54. The molecule has 2 aliphatic rings. The van der Waals surface area contributed by atoms with Gasteiger partial charge in [-0.3, -0.25) is 4.79 Å². The summed E-state index contributed by atoms with van der Waals surface area (Å²) in [4.78, 5) is 15.3. The third-order valence-corrected chi connectivity index (χ3v) is 5.56. The number of carbonyl (C=O) groups is 1. The Hall–Kier alpha value is -2.69. The van der Waals surface area contributed by atoms with Gasteiger partial charge in [-0.2, -0.15) is 0 Å². The van der Waals surface area contributed by atoms with Crippen LogP contribution in [0.15, 0.2) is 42.5 Å². The summed E-state index contributed by atoms with van der Waals surface area (Å²) in [5.41, 5.74) is 2.21. The molecule has 142 valence electrons. The number of benzene rings is 2. The third-order valence-electron chi connectivity index (χ3n) is 5.56. The molecule has 2 heterocycles. The molecule has 5 heteroatoms. The van der Waals surface area contributed by atoms with Gasteiger partial charge in [0, 0.05) is 6.54 Å². The molecule has 0 N–H and O–H groups in total. The molecular formula is C22H25NO4. The average molecular weight is 367 g/mol. The minimum Gasteiger partial charge on any atom is -0.493 e. The normalized spacial score (nSPS) is 21.3. The van der Waals surface area contributed by atoms with E-state index in [9.17, 15) is 4.79 Å².